The molecule has 1 N–H and O–H groups in total. The first-order valence-corrected chi connectivity index (χ1v) is 9.20. The number of aromatic amines is 1. The van der Waals surface area contributed by atoms with E-state index < -0.39 is 0 Å². The van der Waals surface area contributed by atoms with Crippen LogP contribution in [0.3, 0.4) is 0 Å². The molecule has 0 spiro atoms. The van der Waals surface area contributed by atoms with Crippen molar-refractivity contribution in [3.63, 3.8) is 0 Å². The summed E-state index contributed by atoms with van der Waals surface area (Å²) in [5.74, 6) is 1.38. The van der Waals surface area contributed by atoms with Crippen molar-refractivity contribution in [1.82, 2.24) is 9.97 Å². The summed E-state index contributed by atoms with van der Waals surface area (Å²) in [7, 11) is 1.62. The molecule has 1 heterocycles. The number of rotatable bonds is 7. The molecular formula is C18H24N2O3S. The topological polar surface area (TPSA) is 64.2 Å². The van der Waals surface area contributed by atoms with Gasteiger partial charge in [0.25, 0.3) is 5.56 Å². The van der Waals surface area contributed by atoms with Crippen molar-refractivity contribution in [3.05, 3.63) is 45.4 Å². The van der Waals surface area contributed by atoms with Crippen LogP contribution in [0.2, 0.25) is 0 Å². The fourth-order valence-electron chi connectivity index (χ4n) is 2.47. The molecule has 0 fully saturated rings. The molecule has 0 aliphatic rings. The Bertz CT molecular complexity index is 756. The maximum absolute atomic E-state index is 12.4. The van der Waals surface area contributed by atoms with Crippen molar-refractivity contribution in [2.45, 2.75) is 44.9 Å². The van der Waals surface area contributed by atoms with Crippen molar-refractivity contribution >= 4 is 11.8 Å². The van der Waals surface area contributed by atoms with Crippen LogP contribution in [0.15, 0.2) is 28.2 Å². The lowest BCUT2D eigenvalue weighted by Gasteiger charge is -2.15. The van der Waals surface area contributed by atoms with Gasteiger partial charge in [-0.2, -0.15) is 0 Å². The first-order chi connectivity index (χ1) is 11.5. The lowest BCUT2D eigenvalue weighted by Crippen LogP contribution is -2.19. The molecule has 1 aromatic heterocycles. The van der Waals surface area contributed by atoms with Gasteiger partial charge in [-0.3, -0.25) is 4.79 Å². The molecule has 0 aliphatic heterocycles. The van der Waals surface area contributed by atoms with Gasteiger partial charge in [0, 0.05) is 12.0 Å². The van der Waals surface area contributed by atoms with E-state index in [1.165, 1.54) is 11.8 Å². The second kappa shape index (κ2) is 8.24. The largest absolute Gasteiger partial charge is 0.493 e. The van der Waals surface area contributed by atoms with E-state index >= 15 is 0 Å². The molecule has 0 saturated heterocycles. The lowest BCUT2D eigenvalue weighted by molar-refractivity contribution is 0.230. The number of hydrogen-bond donors (Lipinski definition) is 1. The average Bonchev–Trinajstić information content (AvgIpc) is 2.56. The van der Waals surface area contributed by atoms with Gasteiger partial charge in [0.1, 0.15) is 0 Å². The summed E-state index contributed by atoms with van der Waals surface area (Å²) >= 11 is 1.44. The number of thioether (sulfide) groups is 1. The number of aryl methyl sites for hydroxylation is 1. The standard InChI is InChI=1S/C18H24N2O3S/c1-6-14-13(17(21)20-18(19-14)24-5)9-12-7-8-15(22-4)16(10-12)23-11(2)3/h7-8,10-11H,6,9H2,1-5H3,(H,19,20,21). The highest BCUT2D eigenvalue weighted by Crippen LogP contribution is 2.30. The predicted molar refractivity (Wildman–Crippen MR) is 97.6 cm³/mol. The fraction of sp³-hybridized carbons (Fsp3) is 0.444. The van der Waals surface area contributed by atoms with Crippen LogP contribution in [0, 0.1) is 0 Å². The van der Waals surface area contributed by atoms with Crippen LogP contribution in [0.4, 0.5) is 0 Å². The number of benzene rings is 1. The monoisotopic (exact) mass is 348 g/mol. The zero-order chi connectivity index (χ0) is 17.7. The highest BCUT2D eigenvalue weighted by molar-refractivity contribution is 7.98. The molecule has 0 aliphatic carbocycles. The van der Waals surface area contributed by atoms with Gasteiger partial charge in [-0.25, -0.2) is 4.98 Å². The van der Waals surface area contributed by atoms with Gasteiger partial charge < -0.3 is 14.5 Å². The Hall–Kier alpha value is -1.95. The molecule has 0 unspecified atom stereocenters. The molecule has 130 valence electrons. The molecule has 0 bridgehead atoms. The van der Waals surface area contributed by atoms with E-state index in [0.717, 1.165) is 17.7 Å². The molecule has 0 amide bonds. The molecule has 1 aromatic carbocycles. The van der Waals surface area contributed by atoms with Crippen LogP contribution in [-0.2, 0) is 12.8 Å². The van der Waals surface area contributed by atoms with E-state index in [1.807, 2.05) is 45.2 Å². The molecular weight excluding hydrogens is 324 g/mol. The summed E-state index contributed by atoms with van der Waals surface area (Å²) in [4.78, 5) is 19.8. The highest BCUT2D eigenvalue weighted by Gasteiger charge is 2.13. The molecule has 24 heavy (non-hydrogen) atoms. The van der Waals surface area contributed by atoms with Gasteiger partial charge in [0.15, 0.2) is 16.7 Å². The third-order valence-corrected chi connectivity index (χ3v) is 4.16. The van der Waals surface area contributed by atoms with Crippen LogP contribution < -0.4 is 15.0 Å². The predicted octanol–water partition coefficient (Wildman–Crippen LogP) is 3.44. The number of nitrogens with one attached hydrogen (secondary N) is 1. The lowest BCUT2D eigenvalue weighted by atomic mass is 10.0. The van der Waals surface area contributed by atoms with E-state index in [9.17, 15) is 4.79 Å². The van der Waals surface area contributed by atoms with Crippen molar-refractivity contribution < 1.29 is 9.47 Å². The average molecular weight is 348 g/mol. The van der Waals surface area contributed by atoms with Crippen LogP contribution in [-0.4, -0.2) is 29.4 Å². The van der Waals surface area contributed by atoms with E-state index in [2.05, 4.69) is 9.97 Å². The minimum Gasteiger partial charge on any atom is -0.493 e. The number of H-pyrrole nitrogens is 1. The first kappa shape index (κ1) is 18.4. The Morgan fingerprint density at radius 2 is 2.04 bits per heavy atom. The SMILES string of the molecule is CCc1nc(SC)[nH]c(=O)c1Cc1ccc(OC)c(OC(C)C)c1. The number of ether oxygens (including phenoxy) is 2. The van der Waals surface area contributed by atoms with Crippen LogP contribution >= 0.6 is 11.8 Å². The molecule has 0 radical (unpaired) electrons. The number of nitrogens with zero attached hydrogens (tertiary/aromatic N) is 1. The second-order valence-electron chi connectivity index (χ2n) is 5.68. The van der Waals surface area contributed by atoms with Gasteiger partial charge in [0.2, 0.25) is 0 Å². The summed E-state index contributed by atoms with van der Waals surface area (Å²) in [5, 5.41) is 0.652. The van der Waals surface area contributed by atoms with Gasteiger partial charge in [0.05, 0.1) is 18.9 Å². The van der Waals surface area contributed by atoms with Gasteiger partial charge in [-0.05, 0) is 44.2 Å². The normalized spacial score (nSPS) is 10.9. The summed E-state index contributed by atoms with van der Waals surface area (Å²) in [6.07, 6.45) is 3.18. The molecule has 2 rings (SSSR count). The number of aromatic nitrogens is 2. The molecule has 0 atom stereocenters. The van der Waals surface area contributed by atoms with Crippen LogP contribution in [0.5, 0.6) is 11.5 Å². The number of hydrogen-bond acceptors (Lipinski definition) is 5. The summed E-state index contributed by atoms with van der Waals surface area (Å²) in [6.45, 7) is 5.95. The third kappa shape index (κ3) is 4.32. The van der Waals surface area contributed by atoms with E-state index in [4.69, 9.17) is 9.47 Å². The molecule has 5 nitrogen and oxygen atoms in total. The summed E-state index contributed by atoms with van der Waals surface area (Å²) in [5.41, 5.74) is 2.46. The third-order valence-electron chi connectivity index (χ3n) is 3.58. The van der Waals surface area contributed by atoms with E-state index in [0.29, 0.717) is 28.6 Å². The summed E-state index contributed by atoms with van der Waals surface area (Å²) in [6, 6.07) is 5.75. The molecule has 2 aromatic rings. The Balaban J connectivity index is 2.39. The minimum atomic E-state index is -0.0756. The summed E-state index contributed by atoms with van der Waals surface area (Å²) < 4.78 is 11.2. The quantitative estimate of drug-likeness (QED) is 0.613. The van der Waals surface area contributed by atoms with Crippen molar-refractivity contribution in [1.29, 1.82) is 0 Å². The molecule has 0 saturated carbocycles. The Morgan fingerprint density at radius 3 is 2.62 bits per heavy atom. The van der Waals surface area contributed by atoms with Gasteiger partial charge >= 0.3 is 0 Å². The smallest absolute Gasteiger partial charge is 0.255 e. The minimum absolute atomic E-state index is 0.0475. The second-order valence-corrected chi connectivity index (χ2v) is 6.48. The fourth-order valence-corrected chi connectivity index (χ4v) is 2.87. The first-order valence-electron chi connectivity index (χ1n) is 7.98. The molecule has 6 heteroatoms. The van der Waals surface area contributed by atoms with E-state index in [1.54, 1.807) is 7.11 Å². The van der Waals surface area contributed by atoms with Crippen molar-refractivity contribution in [3.8, 4) is 11.5 Å². The maximum atomic E-state index is 12.4. The van der Waals surface area contributed by atoms with Gasteiger partial charge in [-0.1, -0.05) is 24.8 Å². The zero-order valence-electron chi connectivity index (χ0n) is 14.8. The zero-order valence-corrected chi connectivity index (χ0v) is 15.6. The van der Waals surface area contributed by atoms with Crippen molar-refractivity contribution in [2.75, 3.05) is 13.4 Å². The van der Waals surface area contributed by atoms with Crippen molar-refractivity contribution in [2.24, 2.45) is 0 Å². The number of methoxy groups -OCH3 is 1. The van der Waals surface area contributed by atoms with E-state index in [-0.39, 0.29) is 11.7 Å². The Labute approximate surface area is 146 Å². The highest BCUT2D eigenvalue weighted by atomic mass is 32.2. The Kier molecular flexibility index (Phi) is 6.31. The van der Waals surface area contributed by atoms with Crippen LogP contribution in [0.25, 0.3) is 0 Å². The van der Waals surface area contributed by atoms with Gasteiger partial charge in [-0.15, -0.1) is 0 Å². The van der Waals surface area contributed by atoms with Crippen LogP contribution in [0.1, 0.15) is 37.6 Å². The Morgan fingerprint density at radius 1 is 1.29 bits per heavy atom. The maximum Gasteiger partial charge on any atom is 0.255 e.